The van der Waals surface area contributed by atoms with E-state index in [1.807, 2.05) is 0 Å². The van der Waals surface area contributed by atoms with Crippen LogP contribution in [0, 0.1) is 0 Å². The average Bonchev–Trinajstić information content (AvgIpc) is 2.91. The molecule has 0 aliphatic heterocycles. The number of methoxy groups -OCH3 is 1. The predicted molar refractivity (Wildman–Crippen MR) is 66.4 cm³/mol. The summed E-state index contributed by atoms with van der Waals surface area (Å²) in [6.07, 6.45) is 3.10. The van der Waals surface area contributed by atoms with Crippen molar-refractivity contribution in [3.63, 3.8) is 0 Å². The Labute approximate surface area is 109 Å². The van der Waals surface area contributed by atoms with Gasteiger partial charge in [-0.15, -0.1) is 5.10 Å². The quantitative estimate of drug-likeness (QED) is 0.818. The fourth-order valence-corrected chi connectivity index (χ4v) is 1.47. The Morgan fingerprint density at radius 2 is 2.05 bits per heavy atom. The summed E-state index contributed by atoms with van der Waals surface area (Å²) in [6, 6.07) is 6.42. The molecule has 0 aliphatic rings. The highest BCUT2D eigenvalue weighted by Crippen LogP contribution is 2.10. The van der Waals surface area contributed by atoms with Gasteiger partial charge in [0, 0.05) is 11.9 Å². The lowest BCUT2D eigenvalue weighted by atomic mass is 10.2. The third kappa shape index (κ3) is 3.38. The lowest BCUT2D eigenvalue weighted by molar-refractivity contribution is -0.116. The van der Waals surface area contributed by atoms with E-state index in [-0.39, 0.29) is 12.5 Å². The summed E-state index contributed by atoms with van der Waals surface area (Å²) >= 11 is 0. The maximum absolute atomic E-state index is 11.7. The Hall–Kier alpha value is -2.70. The number of carbonyl (C=O) groups is 2. The zero-order valence-corrected chi connectivity index (χ0v) is 10.2. The van der Waals surface area contributed by atoms with E-state index in [9.17, 15) is 9.59 Å². The third-order valence-electron chi connectivity index (χ3n) is 2.37. The number of amides is 1. The van der Waals surface area contributed by atoms with Crippen LogP contribution in [0.4, 0.5) is 5.69 Å². The molecule has 98 valence electrons. The van der Waals surface area contributed by atoms with Crippen molar-refractivity contribution in [2.45, 2.75) is 6.54 Å². The minimum Gasteiger partial charge on any atom is -0.465 e. The Balaban J connectivity index is 1.96. The van der Waals surface area contributed by atoms with E-state index < -0.39 is 5.97 Å². The summed E-state index contributed by atoms with van der Waals surface area (Å²) in [6.45, 7) is 0.0821. The number of hydrogen-bond acceptors (Lipinski definition) is 5. The van der Waals surface area contributed by atoms with Crippen LogP contribution in [0.2, 0.25) is 0 Å². The molecule has 0 fully saturated rings. The van der Waals surface area contributed by atoms with Gasteiger partial charge in [0.1, 0.15) is 6.54 Å². The monoisotopic (exact) mass is 260 g/mol. The number of anilines is 1. The first-order valence-corrected chi connectivity index (χ1v) is 5.51. The lowest BCUT2D eigenvalue weighted by Crippen LogP contribution is -2.19. The smallest absolute Gasteiger partial charge is 0.337 e. The Morgan fingerprint density at radius 3 is 2.63 bits per heavy atom. The summed E-state index contributed by atoms with van der Waals surface area (Å²) in [5, 5.41) is 9.98. The molecule has 1 aromatic carbocycles. The molecule has 2 aromatic rings. The summed E-state index contributed by atoms with van der Waals surface area (Å²) in [4.78, 5) is 22.9. The highest BCUT2D eigenvalue weighted by Gasteiger charge is 2.07. The van der Waals surface area contributed by atoms with E-state index in [1.54, 1.807) is 30.5 Å². The number of aromatic nitrogens is 3. The van der Waals surface area contributed by atoms with Crippen molar-refractivity contribution in [1.29, 1.82) is 0 Å². The van der Waals surface area contributed by atoms with Gasteiger partial charge in [0.05, 0.1) is 18.9 Å². The van der Waals surface area contributed by atoms with Crippen molar-refractivity contribution in [3.05, 3.63) is 42.2 Å². The van der Waals surface area contributed by atoms with E-state index in [0.717, 1.165) is 0 Å². The van der Waals surface area contributed by atoms with Crippen molar-refractivity contribution >= 4 is 17.6 Å². The second-order valence-corrected chi connectivity index (χ2v) is 3.72. The van der Waals surface area contributed by atoms with Gasteiger partial charge in [-0.25, -0.2) is 9.48 Å². The average molecular weight is 260 g/mol. The standard InChI is InChI=1S/C12H12N4O3/c1-19-12(18)9-2-4-10(5-3-9)14-11(17)8-16-7-6-13-15-16/h2-7H,8H2,1H3,(H,14,17). The summed E-state index contributed by atoms with van der Waals surface area (Å²) in [7, 11) is 1.32. The van der Waals surface area contributed by atoms with Crippen LogP contribution in [0.15, 0.2) is 36.7 Å². The van der Waals surface area contributed by atoms with Crippen LogP contribution < -0.4 is 5.32 Å². The second-order valence-electron chi connectivity index (χ2n) is 3.72. The predicted octanol–water partition coefficient (Wildman–Crippen LogP) is 0.703. The number of nitrogens with zero attached hydrogens (tertiary/aromatic N) is 3. The highest BCUT2D eigenvalue weighted by molar-refractivity contribution is 5.92. The van der Waals surface area contributed by atoms with E-state index in [0.29, 0.717) is 11.3 Å². The number of rotatable bonds is 4. The van der Waals surface area contributed by atoms with E-state index in [4.69, 9.17) is 0 Å². The normalized spacial score (nSPS) is 9.95. The molecule has 7 heteroatoms. The molecule has 0 atom stereocenters. The maximum atomic E-state index is 11.7. The molecule has 1 heterocycles. The minimum absolute atomic E-state index is 0.0821. The van der Waals surface area contributed by atoms with Gasteiger partial charge in [0.25, 0.3) is 0 Å². The molecule has 7 nitrogen and oxygen atoms in total. The Kier molecular flexibility index (Phi) is 3.87. The van der Waals surface area contributed by atoms with Crippen LogP contribution in [0.1, 0.15) is 10.4 Å². The van der Waals surface area contributed by atoms with Gasteiger partial charge in [-0.1, -0.05) is 5.21 Å². The van der Waals surface area contributed by atoms with Crippen LogP contribution in [0.25, 0.3) is 0 Å². The highest BCUT2D eigenvalue weighted by atomic mass is 16.5. The Morgan fingerprint density at radius 1 is 1.32 bits per heavy atom. The van der Waals surface area contributed by atoms with Gasteiger partial charge in [-0.3, -0.25) is 4.79 Å². The topological polar surface area (TPSA) is 86.1 Å². The first-order chi connectivity index (χ1) is 9.19. The van der Waals surface area contributed by atoms with Crippen molar-refractivity contribution in [1.82, 2.24) is 15.0 Å². The van der Waals surface area contributed by atoms with Gasteiger partial charge in [0.2, 0.25) is 5.91 Å². The van der Waals surface area contributed by atoms with Crippen LogP contribution in [0.5, 0.6) is 0 Å². The van der Waals surface area contributed by atoms with E-state index >= 15 is 0 Å². The van der Waals surface area contributed by atoms with Gasteiger partial charge < -0.3 is 10.1 Å². The molecule has 2 rings (SSSR count). The molecule has 1 N–H and O–H groups in total. The van der Waals surface area contributed by atoms with Gasteiger partial charge in [-0.2, -0.15) is 0 Å². The van der Waals surface area contributed by atoms with E-state index in [2.05, 4.69) is 20.4 Å². The minimum atomic E-state index is -0.416. The zero-order chi connectivity index (χ0) is 13.7. The van der Waals surface area contributed by atoms with Crippen LogP contribution in [-0.2, 0) is 16.1 Å². The van der Waals surface area contributed by atoms with Crippen molar-refractivity contribution in [3.8, 4) is 0 Å². The first-order valence-electron chi connectivity index (χ1n) is 5.51. The largest absolute Gasteiger partial charge is 0.465 e. The second kappa shape index (κ2) is 5.76. The fourth-order valence-electron chi connectivity index (χ4n) is 1.47. The SMILES string of the molecule is COC(=O)c1ccc(NC(=O)Cn2ccnn2)cc1. The molecule has 0 saturated carbocycles. The van der Waals surface area contributed by atoms with Crippen LogP contribution >= 0.6 is 0 Å². The van der Waals surface area contributed by atoms with Crippen molar-refractivity contribution in [2.75, 3.05) is 12.4 Å². The number of hydrogen-bond donors (Lipinski definition) is 1. The summed E-state index contributed by atoms with van der Waals surface area (Å²) < 4.78 is 6.00. The van der Waals surface area contributed by atoms with Gasteiger partial charge in [0.15, 0.2) is 0 Å². The molecule has 19 heavy (non-hydrogen) atoms. The number of ether oxygens (including phenoxy) is 1. The molecule has 0 aliphatic carbocycles. The number of benzene rings is 1. The lowest BCUT2D eigenvalue weighted by Gasteiger charge is -2.05. The van der Waals surface area contributed by atoms with Gasteiger partial charge in [-0.05, 0) is 24.3 Å². The van der Waals surface area contributed by atoms with Crippen molar-refractivity contribution < 1.29 is 14.3 Å². The van der Waals surface area contributed by atoms with Gasteiger partial charge >= 0.3 is 5.97 Å². The number of nitrogens with one attached hydrogen (secondary N) is 1. The molecule has 0 bridgehead atoms. The first kappa shape index (κ1) is 12.7. The Bertz CT molecular complexity index is 563. The van der Waals surface area contributed by atoms with Crippen molar-refractivity contribution in [2.24, 2.45) is 0 Å². The van der Waals surface area contributed by atoms with Crippen LogP contribution in [-0.4, -0.2) is 34.0 Å². The maximum Gasteiger partial charge on any atom is 0.337 e. The number of carbonyl (C=O) groups excluding carboxylic acids is 2. The summed E-state index contributed by atoms with van der Waals surface area (Å²) in [5.74, 6) is -0.642. The molecular formula is C12H12N4O3. The fraction of sp³-hybridized carbons (Fsp3) is 0.167. The molecule has 0 radical (unpaired) electrons. The number of esters is 1. The molecular weight excluding hydrogens is 248 g/mol. The third-order valence-corrected chi connectivity index (χ3v) is 2.37. The molecule has 0 saturated heterocycles. The summed E-state index contributed by atoms with van der Waals surface area (Å²) in [5.41, 5.74) is 1.02. The molecule has 1 aromatic heterocycles. The zero-order valence-electron chi connectivity index (χ0n) is 10.2. The molecule has 0 unspecified atom stereocenters. The van der Waals surface area contributed by atoms with E-state index in [1.165, 1.54) is 18.0 Å². The van der Waals surface area contributed by atoms with Crippen LogP contribution in [0.3, 0.4) is 0 Å². The molecule has 0 spiro atoms. The molecule has 1 amide bonds.